The number of hydrogen-bond acceptors (Lipinski definition) is 4. The van der Waals surface area contributed by atoms with Crippen molar-refractivity contribution in [3.63, 3.8) is 0 Å². The molecule has 2 rings (SSSR count). The molecule has 0 saturated carbocycles. The summed E-state index contributed by atoms with van der Waals surface area (Å²) in [7, 11) is -4.23. The molecule has 0 aliphatic carbocycles. The molecule has 0 fully saturated rings. The van der Waals surface area contributed by atoms with Crippen molar-refractivity contribution in [1.29, 1.82) is 0 Å². The number of benzene rings is 2. The van der Waals surface area contributed by atoms with Gasteiger partial charge in [-0.05, 0) is 54.8 Å². The average molecular weight is 350 g/mol. The van der Waals surface area contributed by atoms with Gasteiger partial charge in [0, 0.05) is 0 Å². The quantitative estimate of drug-likeness (QED) is 0.539. The molecule has 0 saturated heterocycles. The Balaban J connectivity index is 2.08. The van der Waals surface area contributed by atoms with Crippen molar-refractivity contribution in [2.75, 3.05) is 0 Å². The van der Waals surface area contributed by atoms with Crippen LogP contribution in [0, 0.1) is 0 Å². The van der Waals surface area contributed by atoms with Crippen LogP contribution in [0.25, 0.3) is 0 Å². The summed E-state index contributed by atoms with van der Waals surface area (Å²) in [6.45, 7) is 2.17. The lowest BCUT2D eigenvalue weighted by atomic mass is 10.1. The number of phenolic OH excluding ortho intramolecular Hbond substituents is 1. The summed E-state index contributed by atoms with van der Waals surface area (Å²) in [6.07, 6.45) is 5.56. The van der Waals surface area contributed by atoms with Gasteiger partial charge in [-0.2, -0.15) is 8.42 Å². The maximum atomic E-state index is 11.0. The molecule has 2 aromatic carbocycles. The van der Waals surface area contributed by atoms with E-state index in [4.69, 9.17) is 9.29 Å². The highest BCUT2D eigenvalue weighted by atomic mass is 32.2. The van der Waals surface area contributed by atoms with E-state index in [1.54, 1.807) is 12.1 Å². The van der Waals surface area contributed by atoms with Crippen LogP contribution in [0.5, 0.6) is 17.2 Å². The van der Waals surface area contributed by atoms with Crippen LogP contribution >= 0.6 is 0 Å². The van der Waals surface area contributed by atoms with E-state index >= 15 is 0 Å². The van der Waals surface area contributed by atoms with E-state index < -0.39 is 10.1 Å². The maximum Gasteiger partial charge on any atom is 0.294 e. The molecular formula is C18H22O5S. The van der Waals surface area contributed by atoms with E-state index in [-0.39, 0.29) is 10.6 Å². The third-order valence-corrected chi connectivity index (χ3v) is 4.56. The van der Waals surface area contributed by atoms with Crippen molar-refractivity contribution >= 4 is 10.1 Å². The van der Waals surface area contributed by atoms with Gasteiger partial charge < -0.3 is 9.84 Å². The molecule has 0 aliphatic heterocycles. The largest absolute Gasteiger partial charge is 0.504 e. The van der Waals surface area contributed by atoms with Crippen LogP contribution in [0.3, 0.4) is 0 Å². The Bertz CT molecular complexity index is 766. The van der Waals surface area contributed by atoms with Gasteiger partial charge in [-0.25, -0.2) is 0 Å². The molecule has 0 bridgehead atoms. The predicted octanol–water partition coefficient (Wildman–Crippen LogP) is 4.55. The lowest BCUT2D eigenvalue weighted by molar-refractivity contribution is 0.410. The Morgan fingerprint density at radius 3 is 2.33 bits per heavy atom. The summed E-state index contributed by atoms with van der Waals surface area (Å²) < 4.78 is 36.6. The molecule has 5 nitrogen and oxygen atoms in total. The number of rotatable bonds is 8. The molecule has 0 atom stereocenters. The molecule has 0 unspecified atom stereocenters. The summed E-state index contributed by atoms with van der Waals surface area (Å²) in [6, 6.07) is 10.6. The highest BCUT2D eigenvalue weighted by Crippen LogP contribution is 2.32. The molecule has 2 N–H and O–H groups in total. The summed E-state index contributed by atoms with van der Waals surface area (Å²) in [5.41, 5.74) is 1.08. The molecule has 6 heteroatoms. The van der Waals surface area contributed by atoms with Gasteiger partial charge in [-0.1, -0.05) is 32.3 Å². The SMILES string of the molecule is CCCCCCc1ccc(O)c(Oc2ccc(S(=O)(=O)O)cc2)c1. The lowest BCUT2D eigenvalue weighted by Gasteiger charge is -2.10. The van der Waals surface area contributed by atoms with E-state index in [9.17, 15) is 13.5 Å². The van der Waals surface area contributed by atoms with E-state index in [0.29, 0.717) is 11.5 Å². The van der Waals surface area contributed by atoms with Gasteiger partial charge in [0.2, 0.25) is 0 Å². The van der Waals surface area contributed by atoms with Crippen LogP contribution in [-0.2, 0) is 16.5 Å². The molecule has 24 heavy (non-hydrogen) atoms. The first-order valence-electron chi connectivity index (χ1n) is 7.97. The van der Waals surface area contributed by atoms with E-state index in [0.717, 1.165) is 18.4 Å². The van der Waals surface area contributed by atoms with Gasteiger partial charge in [-0.15, -0.1) is 0 Å². The van der Waals surface area contributed by atoms with Crippen molar-refractivity contribution < 1.29 is 22.8 Å². The highest BCUT2D eigenvalue weighted by Gasteiger charge is 2.10. The minimum absolute atomic E-state index is 0.0196. The summed E-state index contributed by atoms with van der Waals surface area (Å²) in [5, 5.41) is 9.93. The van der Waals surface area contributed by atoms with Crippen molar-refractivity contribution in [1.82, 2.24) is 0 Å². The molecule has 130 valence electrons. The normalized spacial score (nSPS) is 11.4. The van der Waals surface area contributed by atoms with Crippen LogP contribution < -0.4 is 4.74 Å². The minimum atomic E-state index is -4.23. The second-order valence-electron chi connectivity index (χ2n) is 5.66. The fraction of sp³-hybridized carbons (Fsp3) is 0.333. The van der Waals surface area contributed by atoms with Gasteiger partial charge in [0.25, 0.3) is 10.1 Å². The molecular weight excluding hydrogens is 328 g/mol. The summed E-state index contributed by atoms with van der Waals surface area (Å²) >= 11 is 0. The molecule has 0 aromatic heterocycles. The standard InChI is InChI=1S/C18H22O5S/c1-2-3-4-5-6-14-7-12-17(19)18(13-14)23-15-8-10-16(11-9-15)24(20,21)22/h7-13,19H,2-6H2,1H3,(H,20,21,22). The molecule has 0 aliphatic rings. The second-order valence-corrected chi connectivity index (χ2v) is 7.08. The Hall–Kier alpha value is -2.05. The van der Waals surface area contributed by atoms with Crippen LogP contribution in [0.1, 0.15) is 38.2 Å². The number of hydrogen-bond donors (Lipinski definition) is 2. The Kier molecular flexibility index (Phi) is 6.23. The minimum Gasteiger partial charge on any atom is -0.504 e. The zero-order valence-electron chi connectivity index (χ0n) is 13.6. The topological polar surface area (TPSA) is 83.8 Å². The number of phenols is 1. The van der Waals surface area contributed by atoms with Crippen molar-refractivity contribution in [2.45, 2.75) is 43.9 Å². The molecule has 2 aromatic rings. The molecule has 0 heterocycles. The maximum absolute atomic E-state index is 11.0. The lowest BCUT2D eigenvalue weighted by Crippen LogP contribution is -1.97. The van der Waals surface area contributed by atoms with Crippen LogP contribution in [0.2, 0.25) is 0 Å². The van der Waals surface area contributed by atoms with Crippen molar-refractivity contribution in [3.8, 4) is 17.2 Å². The molecule has 0 amide bonds. The smallest absolute Gasteiger partial charge is 0.294 e. The van der Waals surface area contributed by atoms with Gasteiger partial charge in [-0.3, -0.25) is 4.55 Å². The molecule has 0 radical (unpaired) electrons. The van der Waals surface area contributed by atoms with E-state index in [2.05, 4.69) is 6.92 Å². The fourth-order valence-corrected chi connectivity index (χ4v) is 2.84. The highest BCUT2D eigenvalue weighted by molar-refractivity contribution is 7.85. The third-order valence-electron chi connectivity index (χ3n) is 3.69. The second kappa shape index (κ2) is 8.17. The average Bonchev–Trinajstić information content (AvgIpc) is 2.54. The van der Waals surface area contributed by atoms with E-state index in [1.807, 2.05) is 6.07 Å². The van der Waals surface area contributed by atoms with Crippen LogP contribution in [-0.4, -0.2) is 18.1 Å². The predicted molar refractivity (Wildman–Crippen MR) is 92.3 cm³/mol. The first kappa shape index (κ1) is 18.3. The Labute approximate surface area is 142 Å². The van der Waals surface area contributed by atoms with E-state index in [1.165, 1.54) is 43.5 Å². The number of unbranched alkanes of at least 4 members (excludes halogenated alkanes) is 3. The number of aryl methyl sites for hydroxylation is 1. The Morgan fingerprint density at radius 1 is 1.00 bits per heavy atom. The van der Waals surface area contributed by atoms with Crippen LogP contribution in [0.4, 0.5) is 0 Å². The zero-order chi connectivity index (χ0) is 17.6. The van der Waals surface area contributed by atoms with Gasteiger partial charge in [0.1, 0.15) is 5.75 Å². The Morgan fingerprint density at radius 2 is 1.71 bits per heavy atom. The van der Waals surface area contributed by atoms with Gasteiger partial charge >= 0.3 is 0 Å². The molecule has 0 spiro atoms. The van der Waals surface area contributed by atoms with Crippen molar-refractivity contribution in [3.05, 3.63) is 48.0 Å². The number of aromatic hydroxyl groups is 1. The van der Waals surface area contributed by atoms with Gasteiger partial charge in [0.05, 0.1) is 4.90 Å². The van der Waals surface area contributed by atoms with Crippen molar-refractivity contribution in [2.24, 2.45) is 0 Å². The first-order chi connectivity index (χ1) is 11.4. The number of ether oxygens (including phenoxy) is 1. The zero-order valence-corrected chi connectivity index (χ0v) is 14.4. The summed E-state index contributed by atoms with van der Waals surface area (Å²) in [4.78, 5) is -0.205. The van der Waals surface area contributed by atoms with Gasteiger partial charge in [0.15, 0.2) is 11.5 Å². The van der Waals surface area contributed by atoms with Crippen LogP contribution in [0.15, 0.2) is 47.4 Å². The summed E-state index contributed by atoms with van der Waals surface area (Å²) in [5.74, 6) is 0.717. The third kappa shape index (κ3) is 5.25. The first-order valence-corrected chi connectivity index (χ1v) is 9.41. The fourth-order valence-electron chi connectivity index (χ4n) is 2.36. The monoisotopic (exact) mass is 350 g/mol.